The number of rotatable bonds is 7. The first-order valence-electron chi connectivity index (χ1n) is 6.11. The Hall–Kier alpha value is -1.75. The summed E-state index contributed by atoms with van der Waals surface area (Å²) in [5, 5.41) is 3.30. The van der Waals surface area contributed by atoms with Gasteiger partial charge in [-0.05, 0) is 31.5 Å². The number of nitrogens with one attached hydrogen (secondary N) is 1. The van der Waals surface area contributed by atoms with Crippen LogP contribution in [0.3, 0.4) is 0 Å². The molecular formula is C14H22N2O3. The maximum absolute atomic E-state index is 11.0. The van der Waals surface area contributed by atoms with Gasteiger partial charge in [0.2, 0.25) is 5.91 Å². The zero-order valence-corrected chi connectivity index (χ0v) is 11.9. The molecule has 0 fully saturated rings. The van der Waals surface area contributed by atoms with Crippen LogP contribution in [0.2, 0.25) is 0 Å². The number of amides is 1. The summed E-state index contributed by atoms with van der Waals surface area (Å²) in [4.78, 5) is 11.0. The van der Waals surface area contributed by atoms with Crippen LogP contribution in [0.5, 0.6) is 11.5 Å². The minimum absolute atomic E-state index is 0.286. The Morgan fingerprint density at radius 3 is 2.16 bits per heavy atom. The number of hydrogen-bond donors (Lipinski definition) is 2. The summed E-state index contributed by atoms with van der Waals surface area (Å²) in [5.74, 6) is 1.16. The molecule has 0 aliphatic rings. The summed E-state index contributed by atoms with van der Waals surface area (Å²) < 4.78 is 10.4. The van der Waals surface area contributed by atoms with Gasteiger partial charge in [0.05, 0.1) is 14.2 Å². The number of ether oxygens (including phenoxy) is 2. The molecule has 1 rings (SSSR count). The van der Waals surface area contributed by atoms with Gasteiger partial charge >= 0.3 is 0 Å². The van der Waals surface area contributed by atoms with Crippen molar-refractivity contribution in [2.75, 3.05) is 14.2 Å². The minimum atomic E-state index is -0.345. The molecule has 3 N–H and O–H groups in total. The molecule has 19 heavy (non-hydrogen) atoms. The van der Waals surface area contributed by atoms with Gasteiger partial charge in [0.25, 0.3) is 0 Å². The molecule has 1 aromatic rings. The van der Waals surface area contributed by atoms with Crippen LogP contribution in [-0.2, 0) is 11.3 Å². The first-order chi connectivity index (χ1) is 8.86. The molecule has 1 amide bonds. The third kappa shape index (κ3) is 5.18. The van der Waals surface area contributed by atoms with Gasteiger partial charge in [0, 0.05) is 24.6 Å². The van der Waals surface area contributed by atoms with Crippen LogP contribution in [0.15, 0.2) is 18.2 Å². The fourth-order valence-electron chi connectivity index (χ4n) is 1.81. The number of carbonyl (C=O) groups excluding carboxylic acids is 1. The highest BCUT2D eigenvalue weighted by Crippen LogP contribution is 2.23. The van der Waals surface area contributed by atoms with E-state index in [1.165, 1.54) is 0 Å². The fraction of sp³-hybridized carbons (Fsp3) is 0.500. The molecule has 0 heterocycles. The molecule has 0 radical (unpaired) electrons. The molecule has 0 aliphatic carbocycles. The molecular weight excluding hydrogens is 244 g/mol. The van der Waals surface area contributed by atoms with E-state index in [4.69, 9.17) is 15.2 Å². The Balaban J connectivity index is 2.74. The number of primary amides is 1. The van der Waals surface area contributed by atoms with Gasteiger partial charge in [0.15, 0.2) is 0 Å². The molecule has 0 spiro atoms. The Morgan fingerprint density at radius 1 is 1.21 bits per heavy atom. The maximum Gasteiger partial charge on any atom is 0.219 e. The van der Waals surface area contributed by atoms with Crippen LogP contribution in [0, 0.1) is 0 Å². The fourth-order valence-corrected chi connectivity index (χ4v) is 1.81. The molecule has 5 heteroatoms. The Kier molecular flexibility index (Phi) is 5.18. The van der Waals surface area contributed by atoms with Crippen molar-refractivity contribution in [3.05, 3.63) is 23.8 Å². The third-order valence-electron chi connectivity index (χ3n) is 2.80. The SMILES string of the molecule is COc1cc(CNC(C)(C)CC(N)=O)cc(OC)c1. The van der Waals surface area contributed by atoms with Gasteiger partial charge in [-0.15, -0.1) is 0 Å². The van der Waals surface area contributed by atoms with E-state index >= 15 is 0 Å². The molecule has 0 aromatic heterocycles. The quantitative estimate of drug-likeness (QED) is 0.783. The van der Waals surface area contributed by atoms with Crippen LogP contribution in [0.4, 0.5) is 0 Å². The minimum Gasteiger partial charge on any atom is -0.497 e. The van der Waals surface area contributed by atoms with Crippen molar-refractivity contribution in [2.24, 2.45) is 5.73 Å². The van der Waals surface area contributed by atoms with Crippen molar-refractivity contribution < 1.29 is 14.3 Å². The smallest absolute Gasteiger partial charge is 0.219 e. The zero-order valence-electron chi connectivity index (χ0n) is 11.9. The highest BCUT2D eigenvalue weighted by molar-refractivity contribution is 5.75. The maximum atomic E-state index is 11.0. The normalized spacial score (nSPS) is 11.2. The van der Waals surface area contributed by atoms with Crippen molar-refractivity contribution in [3.63, 3.8) is 0 Å². The summed E-state index contributed by atoms with van der Waals surface area (Å²) in [6.07, 6.45) is 0.286. The highest BCUT2D eigenvalue weighted by atomic mass is 16.5. The van der Waals surface area contributed by atoms with Crippen molar-refractivity contribution >= 4 is 5.91 Å². The van der Waals surface area contributed by atoms with Crippen molar-refractivity contribution in [1.29, 1.82) is 0 Å². The highest BCUT2D eigenvalue weighted by Gasteiger charge is 2.19. The summed E-state index contributed by atoms with van der Waals surface area (Å²) in [6, 6.07) is 5.67. The Morgan fingerprint density at radius 2 is 1.74 bits per heavy atom. The lowest BCUT2D eigenvalue weighted by molar-refractivity contribution is -0.119. The average Bonchev–Trinajstić information content (AvgIpc) is 2.34. The second-order valence-corrected chi connectivity index (χ2v) is 5.10. The van der Waals surface area contributed by atoms with Gasteiger partial charge in [-0.3, -0.25) is 4.79 Å². The van der Waals surface area contributed by atoms with Gasteiger partial charge in [-0.1, -0.05) is 0 Å². The molecule has 1 aromatic carbocycles. The van der Waals surface area contributed by atoms with Crippen LogP contribution in [0.25, 0.3) is 0 Å². The largest absolute Gasteiger partial charge is 0.497 e. The number of carbonyl (C=O) groups is 1. The van der Waals surface area contributed by atoms with Crippen molar-refractivity contribution in [3.8, 4) is 11.5 Å². The Bertz CT molecular complexity index is 422. The van der Waals surface area contributed by atoms with E-state index in [0.29, 0.717) is 6.54 Å². The lowest BCUT2D eigenvalue weighted by atomic mass is 10.00. The number of nitrogens with two attached hydrogens (primary N) is 1. The molecule has 106 valence electrons. The number of methoxy groups -OCH3 is 2. The van der Waals surface area contributed by atoms with Crippen molar-refractivity contribution in [1.82, 2.24) is 5.32 Å². The molecule has 0 bridgehead atoms. The number of benzene rings is 1. The second-order valence-electron chi connectivity index (χ2n) is 5.10. The molecule has 0 unspecified atom stereocenters. The standard InChI is InChI=1S/C14H22N2O3/c1-14(2,8-13(15)17)16-9-10-5-11(18-3)7-12(6-10)19-4/h5-7,16H,8-9H2,1-4H3,(H2,15,17). The van der Waals surface area contributed by atoms with Gasteiger partial charge < -0.3 is 20.5 Å². The van der Waals surface area contributed by atoms with Crippen LogP contribution in [0.1, 0.15) is 25.8 Å². The van der Waals surface area contributed by atoms with Gasteiger partial charge in [-0.2, -0.15) is 0 Å². The van der Waals surface area contributed by atoms with Crippen molar-refractivity contribution in [2.45, 2.75) is 32.4 Å². The summed E-state index contributed by atoms with van der Waals surface area (Å²) >= 11 is 0. The second kappa shape index (κ2) is 6.43. The Labute approximate surface area is 114 Å². The lowest BCUT2D eigenvalue weighted by Crippen LogP contribution is -2.42. The third-order valence-corrected chi connectivity index (χ3v) is 2.80. The number of hydrogen-bond acceptors (Lipinski definition) is 4. The summed E-state index contributed by atoms with van der Waals surface area (Å²) in [6.45, 7) is 4.48. The summed E-state index contributed by atoms with van der Waals surface area (Å²) in [7, 11) is 3.23. The molecule has 0 atom stereocenters. The molecule has 0 saturated heterocycles. The van der Waals surface area contributed by atoms with E-state index in [2.05, 4.69) is 5.32 Å². The first kappa shape index (κ1) is 15.3. The van der Waals surface area contributed by atoms with E-state index in [9.17, 15) is 4.79 Å². The zero-order chi connectivity index (χ0) is 14.5. The van der Waals surface area contributed by atoms with Gasteiger partial charge in [-0.25, -0.2) is 0 Å². The van der Waals surface area contributed by atoms with E-state index in [-0.39, 0.29) is 17.9 Å². The molecule has 5 nitrogen and oxygen atoms in total. The average molecular weight is 266 g/mol. The topological polar surface area (TPSA) is 73.6 Å². The monoisotopic (exact) mass is 266 g/mol. The lowest BCUT2D eigenvalue weighted by Gasteiger charge is -2.25. The molecule has 0 saturated carbocycles. The predicted octanol–water partition coefficient (Wildman–Crippen LogP) is 1.45. The van der Waals surface area contributed by atoms with Crippen LogP contribution < -0.4 is 20.5 Å². The first-order valence-corrected chi connectivity index (χ1v) is 6.11. The van der Waals surface area contributed by atoms with E-state index in [1.54, 1.807) is 14.2 Å². The van der Waals surface area contributed by atoms with Crippen LogP contribution >= 0.6 is 0 Å². The molecule has 0 aliphatic heterocycles. The van der Waals surface area contributed by atoms with E-state index < -0.39 is 0 Å². The predicted molar refractivity (Wildman–Crippen MR) is 74.3 cm³/mol. The summed E-state index contributed by atoms with van der Waals surface area (Å²) in [5.41, 5.74) is 5.90. The van der Waals surface area contributed by atoms with Crippen LogP contribution in [-0.4, -0.2) is 25.7 Å². The van der Waals surface area contributed by atoms with E-state index in [0.717, 1.165) is 17.1 Å². The van der Waals surface area contributed by atoms with E-state index in [1.807, 2.05) is 32.0 Å². The van der Waals surface area contributed by atoms with Gasteiger partial charge in [0.1, 0.15) is 11.5 Å².